The van der Waals surface area contributed by atoms with Gasteiger partial charge in [0.25, 0.3) is 5.91 Å². The summed E-state index contributed by atoms with van der Waals surface area (Å²) in [5.41, 5.74) is 5.33. The van der Waals surface area contributed by atoms with Gasteiger partial charge in [0, 0.05) is 18.6 Å². The first-order valence-corrected chi connectivity index (χ1v) is 5.80. The van der Waals surface area contributed by atoms with Crippen LogP contribution >= 0.6 is 0 Å². The third kappa shape index (κ3) is 2.73. The van der Waals surface area contributed by atoms with Crippen molar-refractivity contribution in [1.29, 1.82) is 0 Å². The molecule has 1 aromatic heterocycles. The maximum Gasteiger partial charge on any atom is 0.288 e. The summed E-state index contributed by atoms with van der Waals surface area (Å²) < 4.78 is 0. The lowest BCUT2D eigenvalue weighted by Gasteiger charge is -2.30. The summed E-state index contributed by atoms with van der Waals surface area (Å²) in [4.78, 5) is 15.6. The van der Waals surface area contributed by atoms with Crippen LogP contribution < -0.4 is 11.1 Å². The van der Waals surface area contributed by atoms with Crippen LogP contribution in [0.2, 0.25) is 0 Å². The highest BCUT2D eigenvalue weighted by Crippen LogP contribution is 2.24. The number of nitrogens with zero attached hydrogens (tertiary/aromatic N) is 2. The van der Waals surface area contributed by atoms with Gasteiger partial charge in [0.1, 0.15) is 0 Å². The first kappa shape index (κ1) is 11.8. The lowest BCUT2D eigenvalue weighted by atomic mass is 9.85. The Morgan fingerprint density at radius 2 is 2.29 bits per heavy atom. The second-order valence-electron chi connectivity index (χ2n) is 4.35. The Kier molecular flexibility index (Phi) is 3.58. The summed E-state index contributed by atoms with van der Waals surface area (Å²) in [6.45, 7) is 0.101. The monoisotopic (exact) mass is 239 g/mol. The molecule has 1 fully saturated rings. The van der Waals surface area contributed by atoms with Gasteiger partial charge in [-0.25, -0.2) is 0 Å². The van der Waals surface area contributed by atoms with Gasteiger partial charge >= 0.3 is 0 Å². The van der Waals surface area contributed by atoms with E-state index in [1.165, 1.54) is 0 Å². The Balaban J connectivity index is 1.97. The van der Waals surface area contributed by atoms with Crippen molar-refractivity contribution in [2.75, 3.05) is 12.3 Å². The molecule has 0 saturated heterocycles. The van der Waals surface area contributed by atoms with E-state index in [4.69, 9.17) is 5.73 Å². The maximum absolute atomic E-state index is 11.8. The van der Waals surface area contributed by atoms with Gasteiger partial charge in [-0.05, 0) is 12.8 Å². The molecule has 2 rings (SSSR count). The Hall–Kier alpha value is -1.63. The average molecular weight is 239 g/mol. The number of nitrogen functional groups attached to an aromatic ring is 1. The number of H-pyrrole nitrogens is 1. The number of carbonyl (C=O) groups is 1. The van der Waals surface area contributed by atoms with Crippen LogP contribution in [0.15, 0.2) is 0 Å². The summed E-state index contributed by atoms with van der Waals surface area (Å²) in [5.74, 6) is -0.0187. The van der Waals surface area contributed by atoms with Crippen LogP contribution in [0.5, 0.6) is 0 Å². The van der Waals surface area contributed by atoms with Crippen LogP contribution in [0.4, 0.5) is 5.95 Å². The smallest absolute Gasteiger partial charge is 0.288 e. The zero-order chi connectivity index (χ0) is 12.3. The zero-order valence-corrected chi connectivity index (χ0v) is 9.52. The Morgan fingerprint density at radius 1 is 1.53 bits per heavy atom. The molecular weight excluding hydrogens is 222 g/mol. The number of nitrogens with one attached hydrogen (secondary N) is 2. The molecule has 0 aliphatic heterocycles. The van der Waals surface area contributed by atoms with Gasteiger partial charge in [-0.15, -0.1) is 5.10 Å². The quantitative estimate of drug-likeness (QED) is 0.576. The van der Waals surface area contributed by atoms with Crippen LogP contribution in [-0.2, 0) is 0 Å². The van der Waals surface area contributed by atoms with Crippen molar-refractivity contribution in [3.05, 3.63) is 5.82 Å². The van der Waals surface area contributed by atoms with Gasteiger partial charge in [0.2, 0.25) is 11.8 Å². The van der Waals surface area contributed by atoms with Crippen molar-refractivity contribution in [2.24, 2.45) is 5.92 Å². The number of aliphatic hydroxyl groups excluding tert-OH is 1. The number of anilines is 1. The lowest BCUT2D eigenvalue weighted by molar-refractivity contribution is 0.0862. The molecule has 94 valence electrons. The van der Waals surface area contributed by atoms with E-state index in [1.807, 2.05) is 0 Å². The molecule has 7 heteroatoms. The SMILES string of the molecule is Nc1n[nH]c(C(=O)NC2CCCCC2CO)n1. The van der Waals surface area contributed by atoms with E-state index in [9.17, 15) is 9.90 Å². The number of rotatable bonds is 3. The van der Waals surface area contributed by atoms with Crippen molar-refractivity contribution in [3.63, 3.8) is 0 Å². The minimum atomic E-state index is -0.320. The van der Waals surface area contributed by atoms with Crippen LogP contribution in [-0.4, -0.2) is 38.8 Å². The van der Waals surface area contributed by atoms with Crippen molar-refractivity contribution in [3.8, 4) is 0 Å². The average Bonchev–Trinajstić information content (AvgIpc) is 2.77. The second-order valence-corrected chi connectivity index (χ2v) is 4.35. The number of carbonyl (C=O) groups excluding carboxylic acids is 1. The number of hydrogen-bond acceptors (Lipinski definition) is 5. The number of amides is 1. The van der Waals surface area contributed by atoms with Crippen molar-refractivity contribution in [1.82, 2.24) is 20.5 Å². The molecule has 2 unspecified atom stereocenters. The lowest BCUT2D eigenvalue weighted by Crippen LogP contribution is -2.43. The van der Waals surface area contributed by atoms with Crippen LogP contribution in [0.3, 0.4) is 0 Å². The normalized spacial score (nSPS) is 24.5. The molecule has 5 N–H and O–H groups in total. The van der Waals surface area contributed by atoms with Gasteiger partial charge in [-0.1, -0.05) is 12.8 Å². The molecule has 1 aromatic rings. The molecule has 0 aromatic carbocycles. The van der Waals surface area contributed by atoms with E-state index in [2.05, 4.69) is 20.5 Å². The minimum Gasteiger partial charge on any atom is -0.396 e. The molecule has 0 radical (unpaired) electrons. The van der Waals surface area contributed by atoms with Crippen LogP contribution in [0, 0.1) is 5.92 Å². The molecule has 7 nitrogen and oxygen atoms in total. The molecule has 1 aliphatic carbocycles. The molecule has 2 atom stereocenters. The fourth-order valence-corrected chi connectivity index (χ4v) is 2.23. The molecule has 1 saturated carbocycles. The minimum absolute atomic E-state index is 0.00701. The second kappa shape index (κ2) is 5.13. The van der Waals surface area contributed by atoms with E-state index in [0.29, 0.717) is 0 Å². The number of nitrogens with two attached hydrogens (primary N) is 1. The molecular formula is C10H17N5O2. The van der Waals surface area contributed by atoms with Crippen molar-refractivity contribution >= 4 is 11.9 Å². The largest absolute Gasteiger partial charge is 0.396 e. The number of aromatic amines is 1. The number of aromatic nitrogens is 3. The first-order valence-electron chi connectivity index (χ1n) is 5.80. The standard InChI is InChI=1S/C10H17N5O2/c11-10-13-8(14-15-10)9(17)12-7-4-2-1-3-6(7)5-16/h6-7,16H,1-5H2,(H,12,17)(H3,11,13,14,15). The predicted octanol–water partition coefficient (Wildman–Crippen LogP) is -0.332. The Morgan fingerprint density at radius 3 is 2.94 bits per heavy atom. The summed E-state index contributed by atoms with van der Waals surface area (Å²) in [7, 11) is 0. The van der Waals surface area contributed by atoms with Gasteiger partial charge in [-0.3, -0.25) is 9.89 Å². The van der Waals surface area contributed by atoms with Gasteiger partial charge in [0.05, 0.1) is 0 Å². The Bertz CT molecular complexity index is 392. The van der Waals surface area contributed by atoms with Gasteiger partial charge in [-0.2, -0.15) is 4.98 Å². The van der Waals surface area contributed by atoms with Crippen molar-refractivity contribution < 1.29 is 9.90 Å². The third-order valence-corrected chi connectivity index (χ3v) is 3.18. The van der Waals surface area contributed by atoms with E-state index >= 15 is 0 Å². The molecule has 17 heavy (non-hydrogen) atoms. The summed E-state index contributed by atoms with van der Waals surface area (Å²) in [5, 5.41) is 18.2. The zero-order valence-electron chi connectivity index (χ0n) is 9.52. The van der Waals surface area contributed by atoms with Crippen LogP contribution in [0.1, 0.15) is 36.3 Å². The molecule has 1 amide bonds. The molecule has 1 aliphatic rings. The summed E-state index contributed by atoms with van der Waals surface area (Å²) in [6.07, 6.45) is 4.01. The third-order valence-electron chi connectivity index (χ3n) is 3.18. The fourth-order valence-electron chi connectivity index (χ4n) is 2.23. The topological polar surface area (TPSA) is 117 Å². The highest BCUT2D eigenvalue weighted by atomic mass is 16.3. The fraction of sp³-hybridized carbons (Fsp3) is 0.700. The maximum atomic E-state index is 11.8. The Labute approximate surface area is 98.8 Å². The van der Waals surface area contributed by atoms with Gasteiger partial charge < -0.3 is 16.2 Å². The highest BCUT2D eigenvalue weighted by Gasteiger charge is 2.26. The van der Waals surface area contributed by atoms with E-state index in [0.717, 1.165) is 25.7 Å². The summed E-state index contributed by atoms with van der Waals surface area (Å²) in [6, 6.07) is 0.00701. The van der Waals surface area contributed by atoms with E-state index in [-0.39, 0.29) is 36.2 Å². The molecule has 1 heterocycles. The number of aliphatic hydroxyl groups is 1. The van der Waals surface area contributed by atoms with Crippen LogP contribution in [0.25, 0.3) is 0 Å². The molecule has 0 bridgehead atoms. The van der Waals surface area contributed by atoms with E-state index in [1.54, 1.807) is 0 Å². The van der Waals surface area contributed by atoms with Crippen molar-refractivity contribution in [2.45, 2.75) is 31.7 Å². The highest BCUT2D eigenvalue weighted by molar-refractivity contribution is 5.90. The summed E-state index contributed by atoms with van der Waals surface area (Å²) >= 11 is 0. The van der Waals surface area contributed by atoms with E-state index < -0.39 is 0 Å². The van der Waals surface area contributed by atoms with Gasteiger partial charge in [0.15, 0.2) is 0 Å². The predicted molar refractivity (Wildman–Crippen MR) is 61.1 cm³/mol. The molecule has 0 spiro atoms. The number of hydrogen-bond donors (Lipinski definition) is 4. The first-order chi connectivity index (χ1) is 8.20.